The van der Waals surface area contributed by atoms with Gasteiger partial charge in [-0.1, -0.05) is 18.2 Å². The van der Waals surface area contributed by atoms with Crippen LogP contribution >= 0.6 is 0 Å². The van der Waals surface area contributed by atoms with Gasteiger partial charge in [0.1, 0.15) is 5.75 Å². The molecule has 2 N–H and O–H groups in total. The largest absolute Gasteiger partial charge is 0.508 e. The molecule has 102 valence electrons. The fraction of sp³-hybridized carbons (Fsp3) is 0.235. The third-order valence-electron chi connectivity index (χ3n) is 3.75. The van der Waals surface area contributed by atoms with Crippen LogP contribution in [0.15, 0.2) is 42.5 Å². The molecule has 0 saturated heterocycles. The zero-order valence-corrected chi connectivity index (χ0v) is 11.2. The Morgan fingerprint density at radius 3 is 2.60 bits per heavy atom. The number of aromatic hydroxyl groups is 1. The first-order valence-corrected chi connectivity index (χ1v) is 6.90. The van der Waals surface area contributed by atoms with E-state index in [0.29, 0.717) is 6.54 Å². The number of nitrogens with one attached hydrogen (secondary N) is 1. The van der Waals surface area contributed by atoms with Crippen LogP contribution in [0.1, 0.15) is 33.5 Å². The monoisotopic (exact) mass is 267 g/mol. The van der Waals surface area contributed by atoms with Crippen molar-refractivity contribution in [1.82, 2.24) is 5.32 Å². The number of benzene rings is 2. The van der Waals surface area contributed by atoms with Crippen molar-refractivity contribution >= 4 is 5.91 Å². The van der Waals surface area contributed by atoms with Crippen molar-refractivity contribution in [2.75, 3.05) is 0 Å². The minimum absolute atomic E-state index is 0.0484. The molecule has 0 heterocycles. The molecule has 0 spiro atoms. The molecule has 0 radical (unpaired) electrons. The van der Waals surface area contributed by atoms with Crippen molar-refractivity contribution in [2.45, 2.75) is 25.8 Å². The molecule has 3 rings (SSSR count). The number of carbonyl (C=O) groups excluding carboxylic acids is 1. The van der Waals surface area contributed by atoms with E-state index >= 15 is 0 Å². The maximum absolute atomic E-state index is 12.1. The van der Waals surface area contributed by atoms with Crippen molar-refractivity contribution in [3.8, 4) is 5.75 Å². The molecule has 0 saturated carbocycles. The molecule has 1 aliphatic carbocycles. The van der Waals surface area contributed by atoms with Gasteiger partial charge < -0.3 is 10.4 Å². The fourth-order valence-electron chi connectivity index (χ4n) is 2.61. The summed E-state index contributed by atoms with van der Waals surface area (Å²) < 4.78 is 0. The molecule has 0 unspecified atom stereocenters. The van der Waals surface area contributed by atoms with Gasteiger partial charge in [-0.25, -0.2) is 0 Å². The Hall–Kier alpha value is -2.29. The van der Waals surface area contributed by atoms with E-state index in [4.69, 9.17) is 0 Å². The lowest BCUT2D eigenvalue weighted by Crippen LogP contribution is -2.22. The Morgan fingerprint density at radius 1 is 1.05 bits per heavy atom. The van der Waals surface area contributed by atoms with Crippen molar-refractivity contribution < 1.29 is 9.90 Å². The van der Waals surface area contributed by atoms with Crippen LogP contribution in [0.3, 0.4) is 0 Å². The van der Waals surface area contributed by atoms with Crippen LogP contribution in [-0.4, -0.2) is 11.0 Å². The predicted octanol–water partition coefficient (Wildman–Crippen LogP) is 2.81. The van der Waals surface area contributed by atoms with Gasteiger partial charge >= 0.3 is 0 Å². The zero-order valence-electron chi connectivity index (χ0n) is 11.2. The highest BCUT2D eigenvalue weighted by Crippen LogP contribution is 2.22. The molecule has 20 heavy (non-hydrogen) atoms. The lowest BCUT2D eigenvalue weighted by Gasteiger charge is -2.07. The minimum atomic E-state index is -0.0484. The Morgan fingerprint density at radius 2 is 1.80 bits per heavy atom. The lowest BCUT2D eigenvalue weighted by atomic mass is 10.1. The van der Waals surface area contributed by atoms with Crippen LogP contribution in [0.5, 0.6) is 5.75 Å². The summed E-state index contributed by atoms with van der Waals surface area (Å²) in [4.78, 5) is 12.1. The van der Waals surface area contributed by atoms with Gasteiger partial charge in [-0.3, -0.25) is 4.79 Å². The Bertz CT molecular complexity index is 632. The van der Waals surface area contributed by atoms with Crippen molar-refractivity contribution in [2.24, 2.45) is 0 Å². The number of fused-ring (bicyclic) bond motifs is 1. The summed E-state index contributed by atoms with van der Waals surface area (Å²) in [6.07, 6.45) is 3.40. The zero-order chi connectivity index (χ0) is 13.9. The first-order valence-electron chi connectivity index (χ1n) is 6.90. The molecule has 0 bridgehead atoms. The van der Waals surface area contributed by atoms with E-state index in [-0.39, 0.29) is 11.7 Å². The number of aryl methyl sites for hydroxylation is 2. The van der Waals surface area contributed by atoms with E-state index in [1.54, 1.807) is 24.3 Å². The summed E-state index contributed by atoms with van der Waals surface area (Å²) in [5.41, 5.74) is 4.38. The second-order valence-electron chi connectivity index (χ2n) is 5.19. The molecule has 0 fully saturated rings. The summed E-state index contributed by atoms with van der Waals surface area (Å²) in [5, 5.41) is 12.1. The number of rotatable bonds is 3. The normalized spacial score (nSPS) is 13.0. The van der Waals surface area contributed by atoms with Crippen molar-refractivity contribution in [3.05, 3.63) is 64.7 Å². The van der Waals surface area contributed by atoms with Crippen LogP contribution in [0.2, 0.25) is 0 Å². The van der Waals surface area contributed by atoms with E-state index in [1.807, 2.05) is 12.1 Å². The highest BCUT2D eigenvalue weighted by molar-refractivity contribution is 5.94. The summed E-state index contributed by atoms with van der Waals surface area (Å²) in [6, 6.07) is 12.8. The number of hydrogen-bond donors (Lipinski definition) is 2. The van der Waals surface area contributed by atoms with Gasteiger partial charge in [0.2, 0.25) is 0 Å². The van der Waals surface area contributed by atoms with Gasteiger partial charge in [0.25, 0.3) is 5.91 Å². The Kier molecular flexibility index (Phi) is 3.42. The average Bonchev–Trinajstić information content (AvgIpc) is 2.93. The van der Waals surface area contributed by atoms with Crippen LogP contribution in [0.25, 0.3) is 0 Å². The number of amides is 1. The molecule has 1 aliphatic rings. The van der Waals surface area contributed by atoms with Crippen molar-refractivity contribution in [1.29, 1.82) is 0 Å². The highest BCUT2D eigenvalue weighted by Gasteiger charge is 2.13. The smallest absolute Gasteiger partial charge is 0.251 e. The first kappa shape index (κ1) is 12.7. The van der Waals surface area contributed by atoms with Crippen LogP contribution in [-0.2, 0) is 19.4 Å². The maximum Gasteiger partial charge on any atom is 0.251 e. The van der Waals surface area contributed by atoms with E-state index in [1.165, 1.54) is 17.5 Å². The maximum atomic E-state index is 12.1. The molecular weight excluding hydrogens is 250 g/mol. The molecule has 3 nitrogen and oxygen atoms in total. The summed E-state index contributed by atoms with van der Waals surface area (Å²) in [5.74, 6) is 0.187. The fourth-order valence-corrected chi connectivity index (χ4v) is 2.61. The van der Waals surface area contributed by atoms with Gasteiger partial charge in [-0.05, 0) is 60.2 Å². The first-order chi connectivity index (χ1) is 9.72. The third kappa shape index (κ3) is 2.67. The Balaban J connectivity index is 1.66. The topological polar surface area (TPSA) is 49.3 Å². The standard InChI is InChI=1S/C17H17NO2/c19-16-8-4-12(5-9-16)11-18-17(20)15-7-6-13-2-1-3-14(13)10-15/h4-10,19H,1-3,11H2,(H,18,20). The number of hydrogen-bond acceptors (Lipinski definition) is 2. The summed E-state index contributed by atoms with van der Waals surface area (Å²) in [7, 11) is 0. The molecule has 0 atom stereocenters. The van der Waals surface area contributed by atoms with Gasteiger partial charge in [0.05, 0.1) is 0 Å². The molecule has 2 aromatic rings. The number of phenolic OH excluding ortho intramolecular Hbond substituents is 1. The SMILES string of the molecule is O=C(NCc1ccc(O)cc1)c1ccc2c(c1)CCC2. The second-order valence-corrected chi connectivity index (χ2v) is 5.19. The number of carbonyl (C=O) groups is 1. The summed E-state index contributed by atoms with van der Waals surface area (Å²) >= 11 is 0. The van der Waals surface area contributed by atoms with Crippen LogP contribution in [0, 0.1) is 0 Å². The van der Waals surface area contributed by atoms with Crippen molar-refractivity contribution in [3.63, 3.8) is 0 Å². The van der Waals surface area contributed by atoms with E-state index in [9.17, 15) is 9.90 Å². The lowest BCUT2D eigenvalue weighted by molar-refractivity contribution is 0.0951. The molecule has 1 amide bonds. The number of phenols is 1. The Labute approximate surface area is 118 Å². The third-order valence-corrected chi connectivity index (χ3v) is 3.75. The van der Waals surface area contributed by atoms with E-state index in [0.717, 1.165) is 24.0 Å². The van der Waals surface area contributed by atoms with E-state index in [2.05, 4.69) is 11.4 Å². The van der Waals surface area contributed by atoms with E-state index < -0.39 is 0 Å². The van der Waals surface area contributed by atoms with Crippen LogP contribution < -0.4 is 5.32 Å². The molecule has 0 aromatic heterocycles. The molecule has 3 heteroatoms. The second kappa shape index (κ2) is 5.37. The highest BCUT2D eigenvalue weighted by atomic mass is 16.3. The van der Waals surface area contributed by atoms with Gasteiger partial charge in [-0.2, -0.15) is 0 Å². The van der Waals surface area contributed by atoms with Crippen LogP contribution in [0.4, 0.5) is 0 Å². The predicted molar refractivity (Wildman–Crippen MR) is 77.7 cm³/mol. The van der Waals surface area contributed by atoms with Gasteiger partial charge in [0.15, 0.2) is 0 Å². The quantitative estimate of drug-likeness (QED) is 0.898. The van der Waals surface area contributed by atoms with Gasteiger partial charge in [0, 0.05) is 12.1 Å². The molecular formula is C17H17NO2. The average molecular weight is 267 g/mol. The summed E-state index contributed by atoms with van der Waals surface area (Å²) in [6.45, 7) is 0.468. The van der Waals surface area contributed by atoms with Gasteiger partial charge in [-0.15, -0.1) is 0 Å². The minimum Gasteiger partial charge on any atom is -0.508 e. The molecule has 0 aliphatic heterocycles. The molecule has 2 aromatic carbocycles.